The average Bonchev–Trinajstić information content (AvgIpc) is 2.19. The maximum absolute atomic E-state index is 5.56. The summed E-state index contributed by atoms with van der Waals surface area (Å²) in [7, 11) is 1.60. The van der Waals surface area contributed by atoms with Crippen molar-refractivity contribution in [1.29, 1.82) is 0 Å². The van der Waals surface area contributed by atoms with Crippen molar-refractivity contribution in [3.05, 3.63) is 24.8 Å². The zero-order valence-corrected chi connectivity index (χ0v) is 8.29. The number of nitrogens with zero attached hydrogens (tertiary/aromatic N) is 1. The maximum Gasteiger partial charge on any atom is 0.170 e. The van der Waals surface area contributed by atoms with E-state index in [2.05, 4.69) is 16.9 Å². The van der Waals surface area contributed by atoms with Gasteiger partial charge in [0.1, 0.15) is 5.82 Å². The van der Waals surface area contributed by atoms with E-state index in [0.717, 1.165) is 13.0 Å². The molecular weight excluding hydrogens is 178 g/mol. The molecule has 0 spiro atoms. The Balaban J connectivity index is 2.71. The molecule has 1 aromatic rings. The van der Waals surface area contributed by atoms with Gasteiger partial charge in [-0.2, -0.15) is 0 Å². The fourth-order valence-corrected chi connectivity index (χ4v) is 1.05. The number of rotatable bonds is 5. The summed E-state index contributed by atoms with van der Waals surface area (Å²) < 4.78 is 5.12. The second-order valence-electron chi connectivity index (χ2n) is 2.79. The number of hydrogen-bond donors (Lipinski definition) is 2. The summed E-state index contributed by atoms with van der Waals surface area (Å²) in [6.45, 7) is 4.41. The molecule has 0 amide bonds. The molecule has 0 radical (unpaired) electrons. The van der Waals surface area contributed by atoms with E-state index in [1.165, 1.54) is 0 Å². The second-order valence-corrected chi connectivity index (χ2v) is 2.79. The first-order chi connectivity index (χ1) is 6.77. The highest BCUT2D eigenvalue weighted by Crippen LogP contribution is 2.22. The van der Waals surface area contributed by atoms with Crippen LogP contribution in [0.3, 0.4) is 0 Å². The van der Waals surface area contributed by atoms with E-state index in [-0.39, 0.29) is 0 Å². The van der Waals surface area contributed by atoms with Crippen LogP contribution in [0.1, 0.15) is 6.42 Å². The molecule has 14 heavy (non-hydrogen) atoms. The number of anilines is 2. The smallest absolute Gasteiger partial charge is 0.170 e. The SMILES string of the molecule is C=CCCNc1nc(N)ccc1OC. The monoisotopic (exact) mass is 193 g/mol. The third kappa shape index (κ3) is 2.65. The molecule has 1 rings (SSSR count). The number of nitrogens with one attached hydrogen (secondary N) is 1. The van der Waals surface area contributed by atoms with Crippen LogP contribution in [0.4, 0.5) is 11.6 Å². The average molecular weight is 193 g/mol. The van der Waals surface area contributed by atoms with E-state index in [1.54, 1.807) is 19.2 Å². The Morgan fingerprint density at radius 1 is 1.64 bits per heavy atom. The van der Waals surface area contributed by atoms with Crippen LogP contribution >= 0.6 is 0 Å². The van der Waals surface area contributed by atoms with E-state index in [9.17, 15) is 0 Å². The number of pyridine rings is 1. The van der Waals surface area contributed by atoms with Crippen LogP contribution in [-0.4, -0.2) is 18.6 Å². The highest BCUT2D eigenvalue weighted by Gasteiger charge is 2.03. The minimum atomic E-state index is 0.479. The summed E-state index contributed by atoms with van der Waals surface area (Å²) in [5.41, 5.74) is 5.56. The van der Waals surface area contributed by atoms with E-state index < -0.39 is 0 Å². The fraction of sp³-hybridized carbons (Fsp3) is 0.300. The quantitative estimate of drug-likeness (QED) is 0.551. The molecule has 4 nitrogen and oxygen atoms in total. The van der Waals surface area contributed by atoms with Crippen LogP contribution in [0, 0.1) is 0 Å². The number of aromatic nitrogens is 1. The van der Waals surface area contributed by atoms with Gasteiger partial charge in [-0.3, -0.25) is 0 Å². The molecule has 76 valence electrons. The van der Waals surface area contributed by atoms with E-state index in [1.807, 2.05) is 6.08 Å². The number of hydrogen-bond acceptors (Lipinski definition) is 4. The Bertz CT molecular complexity index is 312. The number of methoxy groups -OCH3 is 1. The molecule has 4 heteroatoms. The van der Waals surface area contributed by atoms with Gasteiger partial charge >= 0.3 is 0 Å². The predicted octanol–water partition coefficient (Wildman–Crippen LogP) is 1.66. The van der Waals surface area contributed by atoms with Crippen LogP contribution in [0.2, 0.25) is 0 Å². The van der Waals surface area contributed by atoms with Crippen molar-refractivity contribution in [3.63, 3.8) is 0 Å². The molecule has 0 saturated carbocycles. The number of ether oxygens (including phenoxy) is 1. The summed E-state index contributed by atoms with van der Waals surface area (Å²) in [5.74, 6) is 1.85. The molecule has 0 saturated heterocycles. The van der Waals surface area contributed by atoms with Crippen LogP contribution < -0.4 is 15.8 Å². The van der Waals surface area contributed by atoms with Crippen molar-refractivity contribution in [2.75, 3.05) is 24.7 Å². The Kier molecular flexibility index (Phi) is 3.79. The van der Waals surface area contributed by atoms with Gasteiger partial charge in [-0.05, 0) is 18.6 Å². The van der Waals surface area contributed by atoms with Crippen molar-refractivity contribution >= 4 is 11.6 Å². The lowest BCUT2D eigenvalue weighted by Crippen LogP contribution is -2.05. The highest BCUT2D eigenvalue weighted by atomic mass is 16.5. The molecule has 0 aliphatic rings. The summed E-state index contributed by atoms with van der Waals surface area (Å²) in [6.07, 6.45) is 2.71. The van der Waals surface area contributed by atoms with E-state index in [4.69, 9.17) is 10.5 Å². The van der Waals surface area contributed by atoms with Crippen LogP contribution in [0.25, 0.3) is 0 Å². The minimum absolute atomic E-state index is 0.479. The Morgan fingerprint density at radius 3 is 3.07 bits per heavy atom. The maximum atomic E-state index is 5.56. The van der Waals surface area contributed by atoms with Gasteiger partial charge in [-0.25, -0.2) is 4.98 Å². The van der Waals surface area contributed by atoms with Gasteiger partial charge in [0.25, 0.3) is 0 Å². The fourth-order valence-electron chi connectivity index (χ4n) is 1.05. The Hall–Kier alpha value is -1.71. The summed E-state index contributed by atoms with van der Waals surface area (Å²) >= 11 is 0. The van der Waals surface area contributed by atoms with Gasteiger partial charge in [0.2, 0.25) is 0 Å². The molecule has 0 unspecified atom stereocenters. The molecule has 0 bridgehead atoms. The Labute approximate surface area is 83.8 Å². The van der Waals surface area contributed by atoms with E-state index >= 15 is 0 Å². The first-order valence-electron chi connectivity index (χ1n) is 4.43. The molecule has 0 aliphatic carbocycles. The second kappa shape index (κ2) is 5.11. The van der Waals surface area contributed by atoms with Gasteiger partial charge in [0.05, 0.1) is 7.11 Å². The van der Waals surface area contributed by atoms with Gasteiger partial charge in [0.15, 0.2) is 11.6 Å². The molecule has 0 aliphatic heterocycles. The zero-order chi connectivity index (χ0) is 10.4. The van der Waals surface area contributed by atoms with Crippen molar-refractivity contribution in [2.24, 2.45) is 0 Å². The number of nitrogens with two attached hydrogens (primary N) is 1. The highest BCUT2D eigenvalue weighted by molar-refractivity contribution is 5.54. The van der Waals surface area contributed by atoms with Crippen LogP contribution in [0.5, 0.6) is 5.75 Å². The molecule has 1 heterocycles. The minimum Gasteiger partial charge on any atom is -0.493 e. The largest absolute Gasteiger partial charge is 0.493 e. The first kappa shape index (κ1) is 10.4. The number of nitrogen functional groups attached to an aromatic ring is 1. The van der Waals surface area contributed by atoms with Crippen LogP contribution in [0.15, 0.2) is 24.8 Å². The lowest BCUT2D eigenvalue weighted by Gasteiger charge is -2.09. The molecule has 1 aromatic heterocycles. The van der Waals surface area contributed by atoms with Gasteiger partial charge in [-0.15, -0.1) is 6.58 Å². The van der Waals surface area contributed by atoms with Gasteiger partial charge in [0, 0.05) is 6.54 Å². The van der Waals surface area contributed by atoms with Crippen molar-refractivity contribution < 1.29 is 4.74 Å². The Morgan fingerprint density at radius 2 is 2.43 bits per heavy atom. The lowest BCUT2D eigenvalue weighted by molar-refractivity contribution is 0.415. The van der Waals surface area contributed by atoms with E-state index in [0.29, 0.717) is 17.4 Å². The van der Waals surface area contributed by atoms with Gasteiger partial charge < -0.3 is 15.8 Å². The summed E-state index contributed by atoms with van der Waals surface area (Å²) in [4.78, 5) is 4.12. The molecule has 0 fully saturated rings. The zero-order valence-electron chi connectivity index (χ0n) is 8.29. The van der Waals surface area contributed by atoms with Gasteiger partial charge in [-0.1, -0.05) is 6.08 Å². The molecule has 0 atom stereocenters. The van der Waals surface area contributed by atoms with Crippen LogP contribution in [-0.2, 0) is 0 Å². The molecular formula is C10H15N3O. The third-order valence-corrected chi connectivity index (χ3v) is 1.74. The van der Waals surface area contributed by atoms with Crippen molar-refractivity contribution in [1.82, 2.24) is 4.98 Å². The third-order valence-electron chi connectivity index (χ3n) is 1.74. The van der Waals surface area contributed by atoms with Crippen molar-refractivity contribution in [3.8, 4) is 5.75 Å². The summed E-state index contributed by atoms with van der Waals surface area (Å²) in [6, 6.07) is 3.50. The lowest BCUT2D eigenvalue weighted by atomic mass is 10.3. The standard InChI is InChI=1S/C10H15N3O/c1-3-4-7-12-10-8(14-2)5-6-9(11)13-10/h3,5-6H,1,4,7H2,2H3,(H3,11,12,13). The summed E-state index contributed by atoms with van der Waals surface area (Å²) in [5, 5.41) is 3.12. The van der Waals surface area contributed by atoms with Crippen molar-refractivity contribution in [2.45, 2.75) is 6.42 Å². The molecule has 3 N–H and O–H groups in total. The topological polar surface area (TPSA) is 60.2 Å². The first-order valence-corrected chi connectivity index (χ1v) is 4.43. The normalized spacial score (nSPS) is 9.50. The predicted molar refractivity (Wildman–Crippen MR) is 58.5 cm³/mol. The molecule has 0 aromatic carbocycles.